The molecule has 0 radical (unpaired) electrons. The molecule has 26 heavy (non-hydrogen) atoms. The molecule has 1 saturated heterocycles. The van der Waals surface area contributed by atoms with Crippen LogP contribution in [0.25, 0.3) is 11.4 Å². The molecule has 1 aromatic heterocycles. The lowest BCUT2D eigenvalue weighted by Gasteiger charge is -2.36. The molecule has 0 spiro atoms. The van der Waals surface area contributed by atoms with E-state index in [1.807, 2.05) is 11.8 Å². The summed E-state index contributed by atoms with van der Waals surface area (Å²) in [5, 5.41) is 13.0. The topological polar surface area (TPSA) is 82.7 Å². The highest BCUT2D eigenvalue weighted by Gasteiger charge is 2.26. The van der Waals surface area contributed by atoms with Gasteiger partial charge in [-0.2, -0.15) is 4.98 Å². The van der Waals surface area contributed by atoms with Crippen LogP contribution in [0.2, 0.25) is 0 Å². The van der Waals surface area contributed by atoms with E-state index in [0.717, 1.165) is 32.5 Å². The molecule has 7 nitrogen and oxygen atoms in total. The number of rotatable bonds is 7. The normalized spacial score (nSPS) is 16.3. The monoisotopic (exact) mass is 362 g/mol. The summed E-state index contributed by atoms with van der Waals surface area (Å²) in [4.78, 5) is 19.6. The van der Waals surface area contributed by atoms with E-state index in [1.165, 1.54) is 12.1 Å². The molecule has 1 fully saturated rings. The van der Waals surface area contributed by atoms with E-state index >= 15 is 0 Å². The SMILES string of the molecule is CCN(CC(=O)O)C1CCN(Cc2nc(-c3ccc(F)cc3)no2)CC1. The minimum Gasteiger partial charge on any atom is -0.480 e. The Kier molecular flexibility index (Phi) is 5.95. The molecule has 0 bridgehead atoms. The Bertz CT molecular complexity index is 726. The third-order valence-corrected chi connectivity index (χ3v) is 4.75. The van der Waals surface area contributed by atoms with Gasteiger partial charge in [0.1, 0.15) is 5.82 Å². The van der Waals surface area contributed by atoms with E-state index in [4.69, 9.17) is 9.63 Å². The minimum atomic E-state index is -0.784. The van der Waals surface area contributed by atoms with Gasteiger partial charge in [-0.15, -0.1) is 0 Å². The van der Waals surface area contributed by atoms with Crippen LogP contribution in [0.4, 0.5) is 4.39 Å². The van der Waals surface area contributed by atoms with E-state index in [0.29, 0.717) is 29.9 Å². The van der Waals surface area contributed by atoms with Gasteiger partial charge in [0.15, 0.2) is 0 Å². The number of halogens is 1. The lowest BCUT2D eigenvalue weighted by Crippen LogP contribution is -2.46. The molecule has 1 N–H and O–H groups in total. The zero-order valence-corrected chi connectivity index (χ0v) is 14.8. The fourth-order valence-electron chi connectivity index (χ4n) is 3.34. The quantitative estimate of drug-likeness (QED) is 0.809. The van der Waals surface area contributed by atoms with Crippen molar-refractivity contribution in [2.75, 3.05) is 26.2 Å². The van der Waals surface area contributed by atoms with E-state index < -0.39 is 5.97 Å². The van der Waals surface area contributed by atoms with Crippen molar-refractivity contribution < 1.29 is 18.8 Å². The highest BCUT2D eigenvalue weighted by atomic mass is 19.1. The van der Waals surface area contributed by atoms with E-state index in [-0.39, 0.29) is 12.4 Å². The first-order chi connectivity index (χ1) is 12.5. The van der Waals surface area contributed by atoms with Crippen LogP contribution in [-0.4, -0.2) is 63.2 Å². The largest absolute Gasteiger partial charge is 0.480 e. The van der Waals surface area contributed by atoms with Gasteiger partial charge in [0, 0.05) is 24.7 Å². The Labute approximate surface area is 151 Å². The van der Waals surface area contributed by atoms with Crippen molar-refractivity contribution in [3.63, 3.8) is 0 Å². The third-order valence-electron chi connectivity index (χ3n) is 4.75. The number of benzene rings is 1. The van der Waals surface area contributed by atoms with Crippen LogP contribution in [0, 0.1) is 5.82 Å². The zero-order chi connectivity index (χ0) is 18.5. The van der Waals surface area contributed by atoms with Gasteiger partial charge in [0.2, 0.25) is 11.7 Å². The molecule has 0 atom stereocenters. The van der Waals surface area contributed by atoms with Crippen molar-refractivity contribution in [3.05, 3.63) is 36.0 Å². The standard InChI is InChI=1S/C18H23FN4O3/c1-2-23(12-17(24)25)15-7-9-22(10-8-15)11-16-20-18(21-26-16)13-3-5-14(19)6-4-13/h3-6,15H,2,7-12H2,1H3,(H,24,25). The van der Waals surface area contributed by atoms with Crippen LogP contribution >= 0.6 is 0 Å². The number of piperidine rings is 1. The number of carboxylic acid groups (broad SMARTS) is 1. The minimum absolute atomic E-state index is 0.0891. The second-order valence-electron chi connectivity index (χ2n) is 6.48. The molecule has 0 amide bonds. The van der Waals surface area contributed by atoms with Crippen LogP contribution in [0.15, 0.2) is 28.8 Å². The first-order valence-electron chi connectivity index (χ1n) is 8.82. The predicted octanol–water partition coefficient (Wildman–Crippen LogP) is 2.25. The highest BCUT2D eigenvalue weighted by molar-refractivity contribution is 5.69. The predicted molar refractivity (Wildman–Crippen MR) is 92.9 cm³/mol. The van der Waals surface area contributed by atoms with Gasteiger partial charge in [-0.1, -0.05) is 12.1 Å². The van der Waals surface area contributed by atoms with Crippen molar-refractivity contribution in [3.8, 4) is 11.4 Å². The zero-order valence-electron chi connectivity index (χ0n) is 14.8. The first-order valence-corrected chi connectivity index (χ1v) is 8.82. The number of carboxylic acids is 1. The second kappa shape index (κ2) is 8.37. The van der Waals surface area contributed by atoms with Gasteiger partial charge in [-0.3, -0.25) is 14.6 Å². The number of likely N-dealkylation sites (N-methyl/N-ethyl adjacent to an activating group) is 1. The van der Waals surface area contributed by atoms with Crippen molar-refractivity contribution in [1.29, 1.82) is 0 Å². The molecule has 140 valence electrons. The van der Waals surface area contributed by atoms with Gasteiger partial charge in [-0.25, -0.2) is 4.39 Å². The molecule has 2 aromatic rings. The Morgan fingerprint density at radius 3 is 2.65 bits per heavy atom. The number of aliphatic carboxylic acids is 1. The molecular formula is C18H23FN4O3. The summed E-state index contributed by atoms with van der Waals surface area (Å²) in [6, 6.07) is 6.28. The number of likely N-dealkylation sites (tertiary alicyclic amines) is 1. The molecule has 0 aliphatic carbocycles. The molecule has 0 saturated carbocycles. The fourth-order valence-corrected chi connectivity index (χ4v) is 3.34. The summed E-state index contributed by atoms with van der Waals surface area (Å²) < 4.78 is 18.3. The summed E-state index contributed by atoms with van der Waals surface area (Å²) in [5.41, 5.74) is 0.715. The average molecular weight is 362 g/mol. The van der Waals surface area contributed by atoms with Crippen LogP contribution < -0.4 is 0 Å². The van der Waals surface area contributed by atoms with Gasteiger partial charge >= 0.3 is 5.97 Å². The maximum absolute atomic E-state index is 13.0. The van der Waals surface area contributed by atoms with E-state index in [1.54, 1.807) is 12.1 Å². The number of nitrogens with zero attached hydrogens (tertiary/aromatic N) is 4. The van der Waals surface area contributed by atoms with Crippen LogP contribution in [0.1, 0.15) is 25.7 Å². The Hall–Kier alpha value is -2.32. The first kappa shape index (κ1) is 18.5. The van der Waals surface area contributed by atoms with Gasteiger partial charge in [0.05, 0.1) is 13.1 Å². The molecule has 1 aliphatic rings. The Balaban J connectivity index is 1.53. The van der Waals surface area contributed by atoms with E-state index in [2.05, 4.69) is 15.0 Å². The third kappa shape index (κ3) is 4.64. The average Bonchev–Trinajstić information content (AvgIpc) is 3.09. The number of hydrogen-bond donors (Lipinski definition) is 1. The number of hydrogen-bond acceptors (Lipinski definition) is 6. The number of carbonyl (C=O) groups is 1. The fraction of sp³-hybridized carbons (Fsp3) is 0.500. The van der Waals surface area contributed by atoms with E-state index in [9.17, 15) is 9.18 Å². The van der Waals surface area contributed by atoms with Crippen molar-refractivity contribution >= 4 is 5.97 Å². The summed E-state index contributed by atoms with van der Waals surface area (Å²) in [7, 11) is 0. The Morgan fingerprint density at radius 2 is 2.04 bits per heavy atom. The van der Waals surface area contributed by atoms with Gasteiger partial charge in [0.25, 0.3) is 0 Å². The summed E-state index contributed by atoms with van der Waals surface area (Å²) in [6.45, 7) is 5.09. The molecule has 3 rings (SSSR count). The molecule has 1 aliphatic heterocycles. The molecule has 8 heteroatoms. The number of aromatic nitrogens is 2. The summed E-state index contributed by atoms with van der Waals surface area (Å²) in [5.74, 6) is -0.105. The van der Waals surface area contributed by atoms with Gasteiger partial charge in [-0.05, 0) is 43.7 Å². The lowest BCUT2D eigenvalue weighted by atomic mass is 10.0. The maximum atomic E-state index is 13.0. The van der Waals surface area contributed by atoms with Crippen molar-refractivity contribution in [2.45, 2.75) is 32.4 Å². The lowest BCUT2D eigenvalue weighted by molar-refractivity contribution is -0.139. The van der Waals surface area contributed by atoms with Crippen LogP contribution in [0.3, 0.4) is 0 Å². The molecule has 1 aromatic carbocycles. The van der Waals surface area contributed by atoms with Crippen molar-refractivity contribution in [1.82, 2.24) is 19.9 Å². The Morgan fingerprint density at radius 1 is 1.35 bits per heavy atom. The second-order valence-corrected chi connectivity index (χ2v) is 6.48. The maximum Gasteiger partial charge on any atom is 0.317 e. The van der Waals surface area contributed by atoms with Crippen molar-refractivity contribution in [2.24, 2.45) is 0 Å². The van der Waals surface area contributed by atoms with Crippen LogP contribution in [-0.2, 0) is 11.3 Å². The highest BCUT2D eigenvalue weighted by Crippen LogP contribution is 2.20. The van der Waals surface area contributed by atoms with Crippen LogP contribution in [0.5, 0.6) is 0 Å². The summed E-state index contributed by atoms with van der Waals surface area (Å²) in [6.07, 6.45) is 1.83. The molecule has 2 heterocycles. The molecular weight excluding hydrogens is 339 g/mol. The smallest absolute Gasteiger partial charge is 0.317 e. The summed E-state index contributed by atoms with van der Waals surface area (Å²) >= 11 is 0. The molecule has 0 unspecified atom stereocenters. The van der Waals surface area contributed by atoms with Gasteiger partial charge < -0.3 is 9.63 Å².